The highest BCUT2D eigenvalue weighted by Gasteiger charge is 2.35. The van der Waals surface area contributed by atoms with E-state index in [0.717, 1.165) is 30.2 Å². The molecule has 3 fully saturated rings. The Morgan fingerprint density at radius 2 is 1.90 bits per heavy atom. The van der Waals surface area contributed by atoms with Crippen molar-refractivity contribution in [3.63, 3.8) is 0 Å². The number of carbonyl (C=O) groups excluding carboxylic acids is 2. The van der Waals surface area contributed by atoms with Crippen LogP contribution in [0.1, 0.15) is 60.5 Å². The third kappa shape index (κ3) is 3.63. The van der Waals surface area contributed by atoms with Gasteiger partial charge in [-0.25, -0.2) is 4.98 Å². The minimum Gasteiger partial charge on any atom is -0.393 e. The first-order valence-electron chi connectivity index (χ1n) is 10.6. The molecular weight excluding hydrogens is 472 g/mol. The quantitative estimate of drug-likeness (QED) is 0.709. The topological polar surface area (TPSA) is 78.2 Å². The highest BCUT2D eigenvalue weighted by atomic mass is 79.9. The summed E-state index contributed by atoms with van der Waals surface area (Å²) in [5.41, 5.74) is 1.99. The smallest absolute Gasteiger partial charge is 0.276 e. The first-order valence-corrected chi connectivity index (χ1v) is 11.7. The average molecular weight is 496 g/mol. The van der Waals surface area contributed by atoms with Crippen LogP contribution in [0.15, 0.2) is 16.7 Å². The Morgan fingerprint density at radius 3 is 2.57 bits per heavy atom. The van der Waals surface area contributed by atoms with E-state index in [-0.39, 0.29) is 41.4 Å². The molecule has 30 heavy (non-hydrogen) atoms. The van der Waals surface area contributed by atoms with Gasteiger partial charge < -0.3 is 14.9 Å². The number of piperazine rings is 1. The Bertz CT molecular complexity index is 1010. The number of aromatic nitrogens is 2. The number of halogens is 2. The molecule has 0 atom stereocenters. The van der Waals surface area contributed by atoms with Crippen molar-refractivity contribution in [3.05, 3.63) is 33.1 Å². The van der Waals surface area contributed by atoms with Crippen LogP contribution in [0.25, 0.3) is 5.65 Å². The van der Waals surface area contributed by atoms with Crippen molar-refractivity contribution < 1.29 is 14.7 Å². The summed E-state index contributed by atoms with van der Waals surface area (Å²) in [5, 5.41) is 9.99. The number of hydrogen-bond donors (Lipinski definition) is 1. The lowest BCUT2D eigenvalue weighted by Gasteiger charge is -2.41. The summed E-state index contributed by atoms with van der Waals surface area (Å²) < 4.78 is 2.58. The molecule has 2 saturated carbocycles. The molecule has 0 spiro atoms. The van der Waals surface area contributed by atoms with Crippen LogP contribution in [0.4, 0.5) is 0 Å². The van der Waals surface area contributed by atoms with E-state index in [1.807, 2.05) is 17.2 Å². The summed E-state index contributed by atoms with van der Waals surface area (Å²) >= 11 is 10.1. The van der Waals surface area contributed by atoms with Gasteiger partial charge in [-0.15, -0.1) is 0 Å². The third-order valence-corrected chi connectivity index (χ3v) is 7.49. The van der Waals surface area contributed by atoms with Gasteiger partial charge in [-0.1, -0.05) is 11.6 Å². The zero-order chi connectivity index (χ0) is 21.0. The molecule has 2 aromatic rings. The van der Waals surface area contributed by atoms with Crippen molar-refractivity contribution in [1.29, 1.82) is 0 Å². The molecule has 2 aromatic heterocycles. The Morgan fingerprint density at radius 1 is 1.17 bits per heavy atom. The molecule has 1 N–H and O–H groups in total. The van der Waals surface area contributed by atoms with Crippen molar-refractivity contribution in [2.45, 2.75) is 56.6 Å². The summed E-state index contributed by atoms with van der Waals surface area (Å²) in [6, 6.07) is 2.21. The van der Waals surface area contributed by atoms with Gasteiger partial charge in [0.2, 0.25) is 5.91 Å². The number of aliphatic hydroxyl groups excluding tert-OH is 1. The number of hydrogen-bond acceptors (Lipinski definition) is 4. The second-order valence-corrected chi connectivity index (χ2v) is 9.83. The van der Waals surface area contributed by atoms with Crippen LogP contribution in [0.5, 0.6) is 0 Å². The van der Waals surface area contributed by atoms with E-state index in [9.17, 15) is 14.7 Å². The van der Waals surface area contributed by atoms with E-state index in [1.54, 1.807) is 9.30 Å². The monoisotopic (exact) mass is 494 g/mol. The normalized spacial score (nSPS) is 25.2. The summed E-state index contributed by atoms with van der Waals surface area (Å²) in [5.74, 6) is 0.193. The standard InChI is InChI=1S/C21H24BrClN4O3/c22-16-9-13(12-1-2-12)10-27-19(23)18(24-20(16)27)21(30)25-7-8-26(17(29)11-25)14-3-5-15(28)6-4-14/h9-10,12,14-15,28H,1-8,11H2. The number of nitrogens with zero attached hydrogens (tertiary/aromatic N) is 4. The largest absolute Gasteiger partial charge is 0.393 e. The van der Waals surface area contributed by atoms with Crippen LogP contribution >= 0.6 is 27.5 Å². The van der Waals surface area contributed by atoms with Crippen LogP contribution in [-0.2, 0) is 4.79 Å². The van der Waals surface area contributed by atoms with E-state index in [2.05, 4.69) is 20.9 Å². The van der Waals surface area contributed by atoms with E-state index >= 15 is 0 Å². The number of amides is 2. The van der Waals surface area contributed by atoms with Crippen molar-refractivity contribution in [2.24, 2.45) is 0 Å². The first-order chi connectivity index (χ1) is 14.4. The predicted molar refractivity (Wildman–Crippen MR) is 116 cm³/mol. The maximum Gasteiger partial charge on any atom is 0.276 e. The maximum absolute atomic E-state index is 13.2. The molecule has 3 aliphatic rings. The molecule has 0 radical (unpaired) electrons. The highest BCUT2D eigenvalue weighted by Crippen LogP contribution is 2.41. The van der Waals surface area contributed by atoms with Gasteiger partial charge in [-0.05, 0) is 72.0 Å². The summed E-state index contributed by atoms with van der Waals surface area (Å²) in [4.78, 5) is 33.8. The molecule has 160 valence electrons. The summed E-state index contributed by atoms with van der Waals surface area (Å²) in [6.07, 6.45) is 7.13. The van der Waals surface area contributed by atoms with E-state index in [1.165, 1.54) is 18.4 Å². The van der Waals surface area contributed by atoms with Gasteiger partial charge in [0, 0.05) is 25.3 Å². The second kappa shape index (κ2) is 7.80. The van der Waals surface area contributed by atoms with Crippen LogP contribution in [0.2, 0.25) is 5.15 Å². The fraction of sp³-hybridized carbons (Fsp3) is 0.571. The molecule has 0 aromatic carbocycles. The Labute approximate surface area is 188 Å². The minimum atomic E-state index is -0.310. The molecular formula is C21H24BrClN4O3. The average Bonchev–Trinajstić information content (AvgIpc) is 3.53. The number of imidazole rings is 1. The third-order valence-electron chi connectivity index (χ3n) is 6.54. The van der Waals surface area contributed by atoms with Gasteiger partial charge in [0.15, 0.2) is 11.3 Å². The van der Waals surface area contributed by atoms with Crippen LogP contribution in [0, 0.1) is 0 Å². The molecule has 3 heterocycles. The fourth-order valence-corrected chi connectivity index (χ4v) is 5.43. The van der Waals surface area contributed by atoms with Crippen molar-refractivity contribution in [3.8, 4) is 0 Å². The van der Waals surface area contributed by atoms with Crippen LogP contribution in [0.3, 0.4) is 0 Å². The van der Waals surface area contributed by atoms with Gasteiger partial charge >= 0.3 is 0 Å². The SMILES string of the molecule is O=C(c1nc2c(Br)cc(C3CC3)cn2c1Cl)N1CCN(C2CCC(O)CC2)C(=O)C1. The van der Waals surface area contributed by atoms with E-state index in [4.69, 9.17) is 11.6 Å². The highest BCUT2D eigenvalue weighted by molar-refractivity contribution is 9.10. The van der Waals surface area contributed by atoms with Crippen molar-refractivity contribution >= 4 is 45.0 Å². The van der Waals surface area contributed by atoms with Gasteiger partial charge in [0.1, 0.15) is 11.7 Å². The van der Waals surface area contributed by atoms with E-state index < -0.39 is 0 Å². The molecule has 2 aliphatic carbocycles. The molecule has 1 aliphatic heterocycles. The number of carbonyl (C=O) groups is 2. The summed E-state index contributed by atoms with van der Waals surface area (Å²) in [6.45, 7) is 1.00. The van der Waals surface area contributed by atoms with Gasteiger partial charge in [-0.2, -0.15) is 0 Å². The number of fused-ring (bicyclic) bond motifs is 1. The Hall–Kier alpha value is -1.64. The summed E-state index contributed by atoms with van der Waals surface area (Å²) in [7, 11) is 0. The fourth-order valence-electron chi connectivity index (χ4n) is 4.64. The zero-order valence-electron chi connectivity index (χ0n) is 16.6. The number of rotatable bonds is 3. The van der Waals surface area contributed by atoms with Gasteiger partial charge in [0.05, 0.1) is 10.6 Å². The molecule has 1 saturated heterocycles. The van der Waals surface area contributed by atoms with Crippen molar-refractivity contribution in [1.82, 2.24) is 19.2 Å². The van der Waals surface area contributed by atoms with Gasteiger partial charge in [0.25, 0.3) is 5.91 Å². The molecule has 2 amide bonds. The zero-order valence-corrected chi connectivity index (χ0v) is 18.9. The maximum atomic E-state index is 13.2. The molecule has 0 bridgehead atoms. The van der Waals surface area contributed by atoms with Crippen LogP contribution < -0.4 is 0 Å². The molecule has 9 heteroatoms. The Kier molecular flexibility index (Phi) is 5.27. The molecule has 0 unspecified atom stereocenters. The van der Waals surface area contributed by atoms with E-state index in [0.29, 0.717) is 24.7 Å². The lowest BCUT2D eigenvalue weighted by molar-refractivity contribution is -0.138. The number of pyridine rings is 1. The molecule has 5 rings (SSSR count). The number of aliphatic hydroxyl groups is 1. The van der Waals surface area contributed by atoms with Crippen LogP contribution in [-0.4, -0.2) is 67.9 Å². The molecule has 7 nitrogen and oxygen atoms in total. The lowest BCUT2D eigenvalue weighted by atomic mass is 9.91. The van der Waals surface area contributed by atoms with Crippen molar-refractivity contribution in [2.75, 3.05) is 19.6 Å². The first kappa shape index (κ1) is 20.3. The second-order valence-electron chi connectivity index (χ2n) is 8.62. The minimum absolute atomic E-state index is 0.0383. The predicted octanol–water partition coefficient (Wildman–Crippen LogP) is 3.22. The Balaban J connectivity index is 1.34. The lowest BCUT2D eigenvalue weighted by Crippen LogP contribution is -2.56. The van der Waals surface area contributed by atoms with Gasteiger partial charge in [-0.3, -0.25) is 14.0 Å².